The van der Waals surface area contributed by atoms with Crippen LogP contribution in [0, 0.1) is 18.8 Å². The van der Waals surface area contributed by atoms with Gasteiger partial charge in [-0.05, 0) is 32.4 Å². The molecule has 1 aromatic carbocycles. The van der Waals surface area contributed by atoms with Crippen molar-refractivity contribution in [3.63, 3.8) is 0 Å². The fraction of sp³-hybridized carbons (Fsp3) is 0.474. The summed E-state index contributed by atoms with van der Waals surface area (Å²) >= 11 is 0. The van der Waals surface area contributed by atoms with Crippen molar-refractivity contribution < 1.29 is 19.1 Å². The number of amides is 1. The topological polar surface area (TPSA) is 55.8 Å². The van der Waals surface area contributed by atoms with Crippen molar-refractivity contribution in [2.75, 3.05) is 11.4 Å². The third-order valence-electron chi connectivity index (χ3n) is 5.13. The van der Waals surface area contributed by atoms with E-state index >= 15 is 0 Å². The zero-order valence-corrected chi connectivity index (χ0v) is 14.1. The molecule has 1 unspecified atom stereocenters. The molecule has 0 aromatic heterocycles. The molecule has 2 saturated heterocycles. The van der Waals surface area contributed by atoms with Gasteiger partial charge in [0.2, 0.25) is 5.91 Å². The number of fused-ring (bicyclic) bond motifs is 1. The minimum absolute atomic E-state index is 0.0538. The van der Waals surface area contributed by atoms with Gasteiger partial charge in [-0.3, -0.25) is 9.59 Å². The van der Waals surface area contributed by atoms with E-state index in [1.807, 2.05) is 57.2 Å². The van der Waals surface area contributed by atoms with E-state index in [1.165, 1.54) is 0 Å². The zero-order chi connectivity index (χ0) is 17.1. The number of carbonyl (C=O) groups is 2. The van der Waals surface area contributed by atoms with Crippen LogP contribution in [0.1, 0.15) is 19.4 Å². The molecule has 1 aromatic rings. The second kappa shape index (κ2) is 5.18. The molecular formula is C19H21NO4. The van der Waals surface area contributed by atoms with Gasteiger partial charge in [-0.2, -0.15) is 0 Å². The van der Waals surface area contributed by atoms with Crippen molar-refractivity contribution in [3.8, 4) is 0 Å². The lowest BCUT2D eigenvalue weighted by molar-refractivity contribution is -0.156. The number of benzene rings is 1. The molecule has 2 bridgehead atoms. The Morgan fingerprint density at radius 2 is 2.12 bits per heavy atom. The zero-order valence-electron chi connectivity index (χ0n) is 14.1. The van der Waals surface area contributed by atoms with Crippen LogP contribution >= 0.6 is 0 Å². The maximum Gasteiger partial charge on any atom is 0.313 e. The highest BCUT2D eigenvalue weighted by Crippen LogP contribution is 2.53. The molecule has 2 fully saturated rings. The first-order valence-electron chi connectivity index (χ1n) is 8.37. The van der Waals surface area contributed by atoms with E-state index in [1.54, 1.807) is 4.90 Å². The number of aryl methyl sites for hydroxylation is 1. The van der Waals surface area contributed by atoms with Crippen molar-refractivity contribution in [1.29, 1.82) is 0 Å². The summed E-state index contributed by atoms with van der Waals surface area (Å²) in [6.45, 7) is 6.05. The standard InChI is InChI=1S/C19H21NO4/c1-11(2)23-18(22)15-14-8-9-19(24-14)10-20(17(21)16(15)19)13-7-5-4-6-12(13)3/h4-9,11,14-16H,10H2,1-3H3/t14-,15+,16-,19?/m1/s1. The first kappa shape index (κ1) is 15.4. The van der Waals surface area contributed by atoms with Crippen LogP contribution in [0.5, 0.6) is 0 Å². The average molecular weight is 327 g/mol. The van der Waals surface area contributed by atoms with Crippen molar-refractivity contribution in [2.24, 2.45) is 11.8 Å². The number of para-hydroxylation sites is 1. The van der Waals surface area contributed by atoms with Gasteiger partial charge in [0.05, 0.1) is 24.7 Å². The lowest BCUT2D eigenvalue weighted by Crippen LogP contribution is -2.40. The molecule has 0 aliphatic carbocycles. The van der Waals surface area contributed by atoms with E-state index in [0.29, 0.717) is 6.54 Å². The Kier molecular flexibility index (Phi) is 3.32. The number of hydrogen-bond acceptors (Lipinski definition) is 4. The highest BCUT2D eigenvalue weighted by atomic mass is 16.6. The third-order valence-corrected chi connectivity index (χ3v) is 5.13. The fourth-order valence-electron chi connectivity index (χ4n) is 4.15. The van der Waals surface area contributed by atoms with Crippen LogP contribution in [-0.4, -0.2) is 36.2 Å². The molecular weight excluding hydrogens is 306 g/mol. The SMILES string of the molecule is Cc1ccccc1N1CC23C=C[C@@H](O2)[C@H](C(=O)OC(C)C)[C@@H]3C1=O. The highest BCUT2D eigenvalue weighted by Gasteiger charge is 2.67. The summed E-state index contributed by atoms with van der Waals surface area (Å²) in [5, 5.41) is 0. The first-order chi connectivity index (χ1) is 11.4. The van der Waals surface area contributed by atoms with E-state index in [4.69, 9.17) is 9.47 Å². The van der Waals surface area contributed by atoms with Crippen LogP contribution in [-0.2, 0) is 19.1 Å². The van der Waals surface area contributed by atoms with Crippen LogP contribution in [0.4, 0.5) is 5.69 Å². The molecule has 0 radical (unpaired) electrons. The van der Waals surface area contributed by atoms with E-state index in [0.717, 1.165) is 11.3 Å². The highest BCUT2D eigenvalue weighted by molar-refractivity contribution is 6.03. The van der Waals surface area contributed by atoms with Crippen LogP contribution in [0.25, 0.3) is 0 Å². The molecule has 126 valence electrons. The second-order valence-corrected chi connectivity index (χ2v) is 7.10. The molecule has 3 aliphatic rings. The fourth-order valence-corrected chi connectivity index (χ4v) is 4.15. The van der Waals surface area contributed by atoms with Gasteiger partial charge in [0, 0.05) is 5.69 Å². The summed E-state index contributed by atoms with van der Waals surface area (Å²) in [5.41, 5.74) is 1.20. The van der Waals surface area contributed by atoms with Gasteiger partial charge in [-0.15, -0.1) is 0 Å². The molecule has 3 heterocycles. The van der Waals surface area contributed by atoms with Gasteiger partial charge < -0.3 is 14.4 Å². The maximum absolute atomic E-state index is 13.1. The Morgan fingerprint density at radius 1 is 1.38 bits per heavy atom. The summed E-state index contributed by atoms with van der Waals surface area (Å²) in [4.78, 5) is 27.4. The van der Waals surface area contributed by atoms with Gasteiger partial charge in [0.25, 0.3) is 0 Å². The van der Waals surface area contributed by atoms with E-state index < -0.39 is 17.4 Å². The number of hydrogen-bond donors (Lipinski definition) is 0. The Hall–Kier alpha value is -2.14. The summed E-state index contributed by atoms with van der Waals surface area (Å²) in [6.07, 6.45) is 3.29. The predicted octanol–water partition coefficient (Wildman–Crippen LogP) is 2.23. The number of carbonyl (C=O) groups excluding carboxylic acids is 2. The van der Waals surface area contributed by atoms with Crippen molar-refractivity contribution in [1.82, 2.24) is 0 Å². The van der Waals surface area contributed by atoms with Gasteiger partial charge in [-0.25, -0.2) is 0 Å². The Balaban J connectivity index is 1.69. The molecule has 0 N–H and O–H groups in total. The molecule has 0 saturated carbocycles. The average Bonchev–Trinajstić information content (AvgIpc) is 3.15. The Morgan fingerprint density at radius 3 is 2.83 bits per heavy atom. The molecule has 5 heteroatoms. The number of ether oxygens (including phenoxy) is 2. The quantitative estimate of drug-likeness (QED) is 0.631. The van der Waals surface area contributed by atoms with E-state index in [9.17, 15) is 9.59 Å². The number of esters is 1. The van der Waals surface area contributed by atoms with Crippen LogP contribution in [0.15, 0.2) is 36.4 Å². The summed E-state index contributed by atoms with van der Waals surface area (Å²) in [7, 11) is 0. The minimum Gasteiger partial charge on any atom is -0.463 e. The maximum atomic E-state index is 13.1. The number of anilines is 1. The van der Waals surface area contributed by atoms with Crippen LogP contribution in [0.3, 0.4) is 0 Å². The summed E-state index contributed by atoms with van der Waals surface area (Å²) < 4.78 is 11.5. The Bertz CT molecular complexity index is 741. The van der Waals surface area contributed by atoms with Crippen LogP contribution in [0.2, 0.25) is 0 Å². The van der Waals surface area contributed by atoms with Crippen molar-refractivity contribution >= 4 is 17.6 Å². The largest absolute Gasteiger partial charge is 0.463 e. The molecule has 1 spiro atoms. The lowest BCUT2D eigenvalue weighted by atomic mass is 9.77. The first-order valence-corrected chi connectivity index (χ1v) is 8.37. The molecule has 24 heavy (non-hydrogen) atoms. The number of rotatable bonds is 3. The number of nitrogens with zero attached hydrogens (tertiary/aromatic N) is 1. The van der Waals surface area contributed by atoms with Gasteiger partial charge in [-0.1, -0.05) is 30.4 Å². The third kappa shape index (κ3) is 2.04. The van der Waals surface area contributed by atoms with E-state index in [-0.39, 0.29) is 24.1 Å². The summed E-state index contributed by atoms with van der Waals surface area (Å²) in [5.74, 6) is -1.45. The van der Waals surface area contributed by atoms with Gasteiger partial charge in [0.15, 0.2) is 0 Å². The predicted molar refractivity (Wildman–Crippen MR) is 88.5 cm³/mol. The van der Waals surface area contributed by atoms with Crippen LogP contribution < -0.4 is 4.90 Å². The van der Waals surface area contributed by atoms with E-state index in [2.05, 4.69) is 0 Å². The van der Waals surface area contributed by atoms with Gasteiger partial charge >= 0.3 is 5.97 Å². The smallest absolute Gasteiger partial charge is 0.313 e. The molecule has 3 aliphatic heterocycles. The molecule has 5 nitrogen and oxygen atoms in total. The minimum atomic E-state index is -0.704. The monoisotopic (exact) mass is 327 g/mol. The van der Waals surface area contributed by atoms with Gasteiger partial charge in [0.1, 0.15) is 11.5 Å². The molecule has 1 amide bonds. The van der Waals surface area contributed by atoms with Crippen molar-refractivity contribution in [3.05, 3.63) is 42.0 Å². The van der Waals surface area contributed by atoms with Crippen molar-refractivity contribution in [2.45, 2.75) is 38.6 Å². The lowest BCUT2D eigenvalue weighted by Gasteiger charge is -2.23. The second-order valence-electron chi connectivity index (χ2n) is 7.10. The normalized spacial score (nSPS) is 33.4. The molecule has 4 atom stereocenters. The summed E-state index contributed by atoms with van der Waals surface area (Å²) in [6, 6.07) is 7.78. The Labute approximate surface area is 141 Å². The molecule has 4 rings (SSSR count).